The fourth-order valence-electron chi connectivity index (χ4n) is 10.1. The van der Waals surface area contributed by atoms with Gasteiger partial charge in [-0.2, -0.15) is 0 Å². The van der Waals surface area contributed by atoms with E-state index in [0.717, 1.165) is 63.2 Å². The Morgan fingerprint density at radius 3 is 2.35 bits per heavy atom. The second-order valence-corrected chi connectivity index (χ2v) is 16.0. The van der Waals surface area contributed by atoms with Gasteiger partial charge in [-0.1, -0.05) is 152 Å². The van der Waals surface area contributed by atoms with E-state index >= 15 is 0 Å². The van der Waals surface area contributed by atoms with Crippen molar-refractivity contribution in [1.29, 1.82) is 0 Å². The van der Waals surface area contributed by atoms with Crippen LogP contribution in [0.1, 0.15) is 90.8 Å². The van der Waals surface area contributed by atoms with E-state index in [2.05, 4.69) is 145 Å². The number of hydrogen-bond donors (Lipinski definition) is 1. The number of amidine groups is 2. The molecule has 6 aromatic rings. The van der Waals surface area contributed by atoms with E-state index in [1.54, 1.807) is 16.7 Å². The first-order valence-electron chi connectivity index (χ1n) is 20.1. The summed E-state index contributed by atoms with van der Waals surface area (Å²) in [6.07, 6.45) is 22.6. The Kier molecular flexibility index (Phi) is 7.72. The van der Waals surface area contributed by atoms with Gasteiger partial charge in [0.2, 0.25) is 0 Å². The molecule has 4 aliphatic carbocycles. The largest absolute Gasteiger partial charge is 0.456 e. The van der Waals surface area contributed by atoms with Crippen molar-refractivity contribution >= 4 is 33.6 Å². The maximum absolute atomic E-state index is 6.18. The molecule has 1 fully saturated rings. The van der Waals surface area contributed by atoms with Crippen molar-refractivity contribution in [3.05, 3.63) is 191 Å². The monoisotopic (exact) mass is 713 g/mol. The highest BCUT2D eigenvalue weighted by Crippen LogP contribution is 2.59. The Morgan fingerprint density at radius 1 is 0.673 bits per heavy atom. The highest BCUT2D eigenvalue weighted by Gasteiger charge is 2.48. The van der Waals surface area contributed by atoms with Crippen LogP contribution in [0, 0.1) is 0 Å². The number of hydrogen-bond acceptors (Lipinski definition) is 4. The van der Waals surface area contributed by atoms with Crippen LogP contribution in [0.3, 0.4) is 0 Å². The molecule has 0 saturated heterocycles. The summed E-state index contributed by atoms with van der Waals surface area (Å²) in [4.78, 5) is 10.5. The Morgan fingerprint density at radius 2 is 1.45 bits per heavy atom. The van der Waals surface area contributed by atoms with Gasteiger partial charge < -0.3 is 9.73 Å². The molecule has 0 radical (unpaired) electrons. The molecule has 1 spiro atoms. The summed E-state index contributed by atoms with van der Waals surface area (Å²) in [6, 6.07) is 41.4. The van der Waals surface area contributed by atoms with E-state index in [9.17, 15) is 0 Å². The summed E-state index contributed by atoms with van der Waals surface area (Å²) in [5.74, 6) is 2.35. The molecule has 1 aliphatic heterocycles. The third-order valence-corrected chi connectivity index (χ3v) is 12.9. The molecule has 1 saturated carbocycles. The van der Waals surface area contributed by atoms with E-state index in [4.69, 9.17) is 14.4 Å². The predicted molar refractivity (Wildman–Crippen MR) is 226 cm³/mol. The van der Waals surface area contributed by atoms with Crippen molar-refractivity contribution < 1.29 is 4.42 Å². The molecular weight excluding hydrogens is 671 g/mol. The van der Waals surface area contributed by atoms with Crippen LogP contribution >= 0.6 is 0 Å². The molecular formula is C51H43N3O. The Balaban J connectivity index is 0.969. The van der Waals surface area contributed by atoms with Crippen molar-refractivity contribution in [1.82, 2.24) is 5.32 Å². The average Bonchev–Trinajstić information content (AvgIpc) is 3.76. The SMILES string of the molecule is C1=CCC2C(=C1)C1(CCCCC1)c1ccc(C3C=C(C4=NC(c5ccc6oc7ccccc7c6c5)=NC(c5ccc(-c6ccccc6)cc5)N4)C=CC3)cc12. The molecule has 0 amide bonds. The second kappa shape index (κ2) is 13.1. The maximum Gasteiger partial charge on any atom is 0.159 e. The number of nitrogens with one attached hydrogen (secondary N) is 1. The number of furan rings is 1. The summed E-state index contributed by atoms with van der Waals surface area (Å²) in [5, 5.41) is 5.93. The maximum atomic E-state index is 6.18. The molecule has 1 N–H and O–H groups in total. The van der Waals surface area contributed by atoms with Crippen molar-refractivity contribution in [2.75, 3.05) is 0 Å². The number of para-hydroxylation sites is 1. The van der Waals surface area contributed by atoms with Gasteiger partial charge in [-0.25, -0.2) is 9.98 Å². The summed E-state index contributed by atoms with van der Waals surface area (Å²) in [7, 11) is 0. The molecule has 55 heavy (non-hydrogen) atoms. The molecule has 3 unspecified atom stereocenters. The van der Waals surface area contributed by atoms with Crippen molar-refractivity contribution in [2.45, 2.75) is 68.4 Å². The quantitative estimate of drug-likeness (QED) is 0.193. The Hall–Kier alpha value is -6.00. The number of aliphatic imine (C=N–C) groups is 2. The van der Waals surface area contributed by atoms with Crippen LogP contribution in [-0.4, -0.2) is 11.7 Å². The van der Waals surface area contributed by atoms with Gasteiger partial charge in [-0.15, -0.1) is 0 Å². The van der Waals surface area contributed by atoms with E-state index in [1.165, 1.54) is 48.8 Å². The normalized spacial score (nSPS) is 22.4. The first-order valence-corrected chi connectivity index (χ1v) is 20.1. The first-order chi connectivity index (χ1) is 27.2. The lowest BCUT2D eigenvalue weighted by Crippen LogP contribution is -2.34. The number of benzene rings is 5. The first kappa shape index (κ1) is 32.4. The minimum absolute atomic E-state index is 0.242. The smallest absolute Gasteiger partial charge is 0.159 e. The minimum Gasteiger partial charge on any atom is -0.456 e. The van der Waals surface area contributed by atoms with Gasteiger partial charge in [0, 0.05) is 39.2 Å². The summed E-state index contributed by atoms with van der Waals surface area (Å²) in [5.41, 5.74) is 13.8. The van der Waals surface area contributed by atoms with E-state index in [-0.39, 0.29) is 17.5 Å². The van der Waals surface area contributed by atoms with E-state index in [1.807, 2.05) is 12.1 Å². The van der Waals surface area contributed by atoms with Crippen LogP contribution in [0.5, 0.6) is 0 Å². The van der Waals surface area contributed by atoms with Crippen LogP contribution < -0.4 is 5.32 Å². The molecule has 4 heteroatoms. The van der Waals surface area contributed by atoms with Crippen LogP contribution in [0.2, 0.25) is 0 Å². The molecule has 268 valence electrons. The lowest BCUT2D eigenvalue weighted by molar-refractivity contribution is 0.342. The predicted octanol–water partition coefficient (Wildman–Crippen LogP) is 12.6. The molecule has 5 aliphatic rings. The Bertz CT molecular complexity index is 2660. The van der Waals surface area contributed by atoms with Gasteiger partial charge in [0.05, 0.1) is 0 Å². The van der Waals surface area contributed by atoms with Crippen LogP contribution in [0.15, 0.2) is 177 Å². The Labute approximate surface area is 322 Å². The zero-order valence-corrected chi connectivity index (χ0v) is 30.9. The van der Waals surface area contributed by atoms with Crippen molar-refractivity contribution in [3.8, 4) is 11.1 Å². The van der Waals surface area contributed by atoms with Gasteiger partial charge >= 0.3 is 0 Å². The molecule has 5 aromatic carbocycles. The highest BCUT2D eigenvalue weighted by atomic mass is 16.3. The van der Waals surface area contributed by atoms with Crippen molar-refractivity contribution in [3.63, 3.8) is 0 Å². The fraction of sp³-hybridized carbons (Fsp3) is 0.216. The second-order valence-electron chi connectivity index (χ2n) is 16.0. The number of allylic oxidation sites excluding steroid dienone is 6. The van der Waals surface area contributed by atoms with Gasteiger partial charge in [-0.05, 0) is 83.3 Å². The zero-order valence-electron chi connectivity index (χ0n) is 30.9. The third kappa shape index (κ3) is 5.49. The van der Waals surface area contributed by atoms with Crippen LogP contribution in [-0.2, 0) is 5.41 Å². The topological polar surface area (TPSA) is 49.9 Å². The van der Waals surface area contributed by atoms with E-state index in [0.29, 0.717) is 5.92 Å². The lowest BCUT2D eigenvalue weighted by Gasteiger charge is -2.37. The fourth-order valence-corrected chi connectivity index (χ4v) is 10.1. The summed E-state index contributed by atoms with van der Waals surface area (Å²) >= 11 is 0. The molecule has 11 rings (SSSR count). The highest BCUT2D eigenvalue weighted by molar-refractivity contribution is 6.16. The molecule has 1 aromatic heterocycles. The van der Waals surface area contributed by atoms with Gasteiger partial charge in [0.25, 0.3) is 0 Å². The molecule has 4 nitrogen and oxygen atoms in total. The van der Waals surface area contributed by atoms with Gasteiger partial charge in [0.15, 0.2) is 5.84 Å². The molecule has 3 atom stereocenters. The standard InChI is InChI=1S/C51H43N3O/c1-3-12-33(13-4-1)34-20-22-35(23-21-34)48-52-49(54-50(53-48)39-25-27-47-43(32-39)41-17-6-8-19-46(41)55-47)38-15-11-14-36(30-38)37-24-26-45-42(31-37)40-16-5-7-18-44(40)51(45)28-9-2-10-29-51/h1,3-8,11-13,15,17-27,30-32,36,40,48H,2,9-10,14,16,28-29H2,(H,52,53,54). The molecule has 0 bridgehead atoms. The number of fused-ring (bicyclic) bond motifs is 8. The lowest BCUT2D eigenvalue weighted by atomic mass is 9.66. The minimum atomic E-state index is -0.296. The summed E-state index contributed by atoms with van der Waals surface area (Å²) in [6.45, 7) is 0. The average molecular weight is 714 g/mol. The van der Waals surface area contributed by atoms with Crippen LogP contribution in [0.4, 0.5) is 0 Å². The zero-order chi connectivity index (χ0) is 36.3. The van der Waals surface area contributed by atoms with Crippen molar-refractivity contribution in [2.24, 2.45) is 9.98 Å². The third-order valence-electron chi connectivity index (χ3n) is 12.9. The van der Waals surface area contributed by atoms with Crippen LogP contribution in [0.25, 0.3) is 33.1 Å². The van der Waals surface area contributed by atoms with E-state index < -0.39 is 0 Å². The summed E-state index contributed by atoms with van der Waals surface area (Å²) < 4.78 is 6.18. The molecule has 2 heterocycles. The number of nitrogens with zero attached hydrogens (tertiary/aromatic N) is 2. The number of rotatable bonds is 5. The van der Waals surface area contributed by atoms with Gasteiger partial charge in [-0.3, -0.25) is 0 Å². The van der Waals surface area contributed by atoms with Gasteiger partial charge in [0.1, 0.15) is 23.2 Å².